The number of hydrogen-bond donors (Lipinski definition) is 2. The van der Waals surface area contributed by atoms with Gasteiger partial charge in [0, 0.05) is 34.5 Å². The third-order valence-corrected chi connectivity index (χ3v) is 3.60. The maximum absolute atomic E-state index is 11.8. The molecule has 102 valence electrons. The molecule has 3 aromatic rings. The van der Waals surface area contributed by atoms with E-state index in [4.69, 9.17) is 4.84 Å². The van der Waals surface area contributed by atoms with Crippen LogP contribution in [0.3, 0.4) is 0 Å². The van der Waals surface area contributed by atoms with Crippen molar-refractivity contribution >= 4 is 22.5 Å². The summed E-state index contributed by atoms with van der Waals surface area (Å²) in [6.07, 6.45) is 3.62. The van der Waals surface area contributed by atoms with Crippen molar-refractivity contribution in [1.29, 1.82) is 0 Å². The fraction of sp³-hybridized carbons (Fsp3) is 0. The van der Waals surface area contributed by atoms with E-state index in [0.717, 1.165) is 22.2 Å². The highest BCUT2D eigenvalue weighted by atomic mass is 16.7. The minimum absolute atomic E-state index is 0.326. The number of pyridine rings is 1. The van der Waals surface area contributed by atoms with Crippen molar-refractivity contribution in [3.63, 3.8) is 0 Å². The molecule has 0 saturated carbocycles. The zero-order valence-electron chi connectivity index (χ0n) is 11.0. The molecule has 21 heavy (non-hydrogen) atoms. The van der Waals surface area contributed by atoms with Crippen LogP contribution in [0.25, 0.3) is 27.7 Å². The molecule has 0 atom stereocenters. The fourth-order valence-corrected chi connectivity index (χ4v) is 2.61. The molecule has 0 aliphatic carbocycles. The van der Waals surface area contributed by atoms with Crippen molar-refractivity contribution in [2.24, 2.45) is 0 Å². The Hall–Kier alpha value is -3.08. The summed E-state index contributed by atoms with van der Waals surface area (Å²) in [7, 11) is 0. The molecule has 5 nitrogen and oxygen atoms in total. The number of rotatable bonds is 1. The molecule has 2 aromatic heterocycles. The van der Waals surface area contributed by atoms with Crippen LogP contribution in [0, 0.1) is 0 Å². The summed E-state index contributed by atoms with van der Waals surface area (Å²) >= 11 is 0. The molecule has 1 aliphatic heterocycles. The van der Waals surface area contributed by atoms with E-state index in [1.165, 1.54) is 0 Å². The second-order valence-electron chi connectivity index (χ2n) is 4.79. The van der Waals surface area contributed by atoms with Gasteiger partial charge in [0.2, 0.25) is 0 Å². The maximum atomic E-state index is 11.8. The van der Waals surface area contributed by atoms with Crippen LogP contribution in [0.4, 0.5) is 0 Å². The van der Waals surface area contributed by atoms with Gasteiger partial charge in [0.15, 0.2) is 5.75 Å². The first-order valence-corrected chi connectivity index (χ1v) is 6.47. The molecule has 1 aromatic carbocycles. The van der Waals surface area contributed by atoms with E-state index < -0.39 is 0 Å². The SMILES string of the molecule is C=C1C(=O)NOc2cccc(-c3c[nH]c4ncccc34)c21. The molecule has 0 spiro atoms. The molecule has 0 fully saturated rings. The highest BCUT2D eigenvalue weighted by molar-refractivity contribution is 6.22. The van der Waals surface area contributed by atoms with Gasteiger partial charge in [-0.2, -0.15) is 5.48 Å². The number of benzene rings is 1. The van der Waals surface area contributed by atoms with Crippen LogP contribution in [-0.2, 0) is 4.79 Å². The summed E-state index contributed by atoms with van der Waals surface area (Å²) in [6, 6.07) is 9.50. The van der Waals surface area contributed by atoms with E-state index in [1.54, 1.807) is 12.3 Å². The number of carbonyl (C=O) groups excluding carboxylic acids is 1. The van der Waals surface area contributed by atoms with Crippen molar-refractivity contribution in [2.75, 3.05) is 0 Å². The lowest BCUT2D eigenvalue weighted by molar-refractivity contribution is -0.122. The average Bonchev–Trinajstić information content (AvgIpc) is 2.94. The lowest BCUT2D eigenvalue weighted by Gasteiger charge is -2.21. The number of aromatic nitrogens is 2. The molecule has 3 heterocycles. The van der Waals surface area contributed by atoms with Crippen LogP contribution in [0.2, 0.25) is 0 Å². The Bertz CT molecular complexity index is 895. The summed E-state index contributed by atoms with van der Waals surface area (Å²) in [5.41, 5.74) is 6.11. The van der Waals surface area contributed by atoms with E-state index in [1.807, 2.05) is 30.5 Å². The van der Waals surface area contributed by atoms with Crippen molar-refractivity contribution in [2.45, 2.75) is 0 Å². The van der Waals surface area contributed by atoms with Gasteiger partial charge in [-0.15, -0.1) is 0 Å². The first kappa shape index (κ1) is 11.7. The van der Waals surface area contributed by atoms with E-state index in [2.05, 4.69) is 22.0 Å². The topological polar surface area (TPSA) is 67.0 Å². The van der Waals surface area contributed by atoms with Gasteiger partial charge in [-0.1, -0.05) is 18.7 Å². The first-order chi connectivity index (χ1) is 10.3. The molecular formula is C16H11N3O2. The van der Waals surface area contributed by atoms with Crippen molar-refractivity contribution in [3.8, 4) is 16.9 Å². The lowest BCUT2D eigenvalue weighted by atomic mass is 9.93. The Morgan fingerprint density at radius 1 is 1.14 bits per heavy atom. The summed E-state index contributed by atoms with van der Waals surface area (Å²) in [5.74, 6) is 0.267. The molecule has 0 radical (unpaired) electrons. The third-order valence-electron chi connectivity index (χ3n) is 3.60. The van der Waals surface area contributed by atoms with Gasteiger partial charge in [0.1, 0.15) is 5.65 Å². The Balaban J connectivity index is 2.02. The van der Waals surface area contributed by atoms with E-state index >= 15 is 0 Å². The predicted molar refractivity (Wildman–Crippen MR) is 79.3 cm³/mol. The number of hydroxylamine groups is 1. The molecule has 5 heteroatoms. The third kappa shape index (κ3) is 1.64. The van der Waals surface area contributed by atoms with Crippen LogP contribution in [0.15, 0.2) is 49.3 Å². The van der Waals surface area contributed by atoms with Crippen LogP contribution in [-0.4, -0.2) is 15.9 Å². The monoisotopic (exact) mass is 277 g/mol. The Morgan fingerprint density at radius 3 is 2.95 bits per heavy atom. The quantitative estimate of drug-likeness (QED) is 0.672. The van der Waals surface area contributed by atoms with Crippen molar-refractivity contribution in [1.82, 2.24) is 15.4 Å². The molecule has 0 unspecified atom stereocenters. The van der Waals surface area contributed by atoms with Gasteiger partial charge in [-0.25, -0.2) is 4.98 Å². The Labute approximate surface area is 120 Å². The number of nitrogens with one attached hydrogen (secondary N) is 2. The van der Waals surface area contributed by atoms with Crippen LogP contribution < -0.4 is 10.3 Å². The predicted octanol–water partition coefficient (Wildman–Crippen LogP) is 2.67. The molecular weight excluding hydrogens is 266 g/mol. The van der Waals surface area contributed by atoms with Gasteiger partial charge in [-0.05, 0) is 23.8 Å². The van der Waals surface area contributed by atoms with Gasteiger partial charge in [0.05, 0.1) is 0 Å². The van der Waals surface area contributed by atoms with E-state index in [-0.39, 0.29) is 5.91 Å². The minimum atomic E-state index is -0.326. The van der Waals surface area contributed by atoms with Gasteiger partial charge in [-0.3, -0.25) is 4.79 Å². The van der Waals surface area contributed by atoms with Gasteiger partial charge >= 0.3 is 0 Å². The average molecular weight is 277 g/mol. The fourth-order valence-electron chi connectivity index (χ4n) is 2.61. The highest BCUT2D eigenvalue weighted by Gasteiger charge is 2.25. The normalized spacial score (nSPS) is 13.7. The molecule has 1 amide bonds. The van der Waals surface area contributed by atoms with Crippen LogP contribution in [0.1, 0.15) is 5.56 Å². The Kier molecular flexibility index (Phi) is 2.35. The number of nitrogens with zero attached hydrogens (tertiary/aromatic N) is 1. The van der Waals surface area contributed by atoms with Gasteiger partial charge in [0.25, 0.3) is 5.91 Å². The Morgan fingerprint density at radius 2 is 2.05 bits per heavy atom. The zero-order valence-corrected chi connectivity index (χ0v) is 11.0. The second kappa shape index (κ2) is 4.21. The molecule has 4 rings (SSSR count). The number of amides is 1. The number of aromatic amines is 1. The smallest absolute Gasteiger partial charge is 0.284 e. The largest absolute Gasteiger partial charge is 0.379 e. The maximum Gasteiger partial charge on any atom is 0.284 e. The molecule has 0 saturated heterocycles. The van der Waals surface area contributed by atoms with Crippen molar-refractivity contribution < 1.29 is 9.63 Å². The van der Waals surface area contributed by atoms with Crippen molar-refractivity contribution in [3.05, 3.63) is 54.9 Å². The number of carbonyl (C=O) groups is 1. The second-order valence-corrected chi connectivity index (χ2v) is 4.79. The summed E-state index contributed by atoms with van der Waals surface area (Å²) < 4.78 is 0. The van der Waals surface area contributed by atoms with E-state index in [0.29, 0.717) is 16.9 Å². The number of H-pyrrole nitrogens is 1. The highest BCUT2D eigenvalue weighted by Crippen LogP contribution is 2.39. The standard InChI is InChI=1S/C16H11N3O2/c1-9-14-10(4-2-6-13(14)21-19-16(9)20)12-8-18-15-11(12)5-3-7-17-15/h2-8H,1H2,(H,17,18)(H,19,20). The van der Waals surface area contributed by atoms with Crippen LogP contribution >= 0.6 is 0 Å². The van der Waals surface area contributed by atoms with Gasteiger partial charge < -0.3 is 9.82 Å². The first-order valence-electron chi connectivity index (χ1n) is 6.47. The summed E-state index contributed by atoms with van der Waals surface area (Å²) in [6.45, 7) is 3.87. The minimum Gasteiger partial charge on any atom is -0.379 e. The summed E-state index contributed by atoms with van der Waals surface area (Å²) in [5, 5.41) is 0.990. The number of fused-ring (bicyclic) bond motifs is 2. The lowest BCUT2D eigenvalue weighted by Crippen LogP contribution is -2.32. The molecule has 0 bridgehead atoms. The summed E-state index contributed by atoms with van der Waals surface area (Å²) in [4.78, 5) is 24.5. The zero-order chi connectivity index (χ0) is 14.4. The van der Waals surface area contributed by atoms with Crippen LogP contribution in [0.5, 0.6) is 5.75 Å². The molecule has 1 aliphatic rings. The van der Waals surface area contributed by atoms with E-state index in [9.17, 15) is 4.79 Å². The molecule has 2 N–H and O–H groups in total. The number of hydrogen-bond acceptors (Lipinski definition) is 3.